The van der Waals surface area contributed by atoms with Crippen molar-refractivity contribution in [3.63, 3.8) is 0 Å². The van der Waals surface area contributed by atoms with Crippen LogP contribution in [0.3, 0.4) is 0 Å². The molecule has 1 aliphatic rings. The summed E-state index contributed by atoms with van der Waals surface area (Å²) >= 11 is 6.43. The first kappa shape index (κ1) is 20.4. The van der Waals surface area contributed by atoms with Gasteiger partial charge in [-0.25, -0.2) is 0 Å². The molecule has 6 nitrogen and oxygen atoms in total. The van der Waals surface area contributed by atoms with E-state index in [-0.39, 0.29) is 29.2 Å². The van der Waals surface area contributed by atoms with Crippen LogP contribution in [-0.4, -0.2) is 33.5 Å². The van der Waals surface area contributed by atoms with Crippen molar-refractivity contribution in [3.05, 3.63) is 52.8 Å². The van der Waals surface area contributed by atoms with Gasteiger partial charge < -0.3 is 10.6 Å². The highest BCUT2D eigenvalue weighted by Crippen LogP contribution is 2.43. The highest BCUT2D eigenvalue weighted by atomic mass is 35.5. The minimum atomic E-state index is -0.424. The molecule has 0 radical (unpaired) electrons. The largest absolute Gasteiger partial charge is 0.369 e. The second kappa shape index (κ2) is 7.95. The van der Waals surface area contributed by atoms with Gasteiger partial charge in [-0.3, -0.25) is 14.7 Å². The molecule has 3 unspecified atom stereocenters. The molecule has 3 atom stereocenters. The summed E-state index contributed by atoms with van der Waals surface area (Å²) in [6.07, 6.45) is 2.50. The number of aromatic amines is 1. The van der Waals surface area contributed by atoms with Crippen molar-refractivity contribution >= 4 is 23.4 Å². The molecule has 3 rings (SSSR count). The van der Waals surface area contributed by atoms with Gasteiger partial charge in [-0.2, -0.15) is 5.10 Å². The monoisotopic (exact) mass is 402 g/mol. The number of nitrogens with zero attached hydrogens (tertiary/aromatic N) is 2. The lowest BCUT2D eigenvalue weighted by molar-refractivity contribution is -0.141. The molecule has 2 heterocycles. The van der Waals surface area contributed by atoms with E-state index in [1.807, 2.05) is 49.9 Å². The van der Waals surface area contributed by atoms with Crippen molar-refractivity contribution in [3.8, 4) is 0 Å². The van der Waals surface area contributed by atoms with Crippen LogP contribution in [0.25, 0.3) is 0 Å². The molecular formula is C21H27ClN4O2. The van der Waals surface area contributed by atoms with Crippen LogP contribution in [0.2, 0.25) is 5.02 Å². The summed E-state index contributed by atoms with van der Waals surface area (Å²) in [5, 5.41) is 7.57. The number of likely N-dealkylation sites (tertiary alicyclic amines) is 1. The van der Waals surface area contributed by atoms with Gasteiger partial charge in [0.1, 0.15) is 0 Å². The normalized spacial score (nSPS) is 22.9. The maximum absolute atomic E-state index is 13.2. The van der Waals surface area contributed by atoms with E-state index in [1.54, 1.807) is 12.3 Å². The number of nitrogens with one attached hydrogen (secondary N) is 1. The minimum absolute atomic E-state index is 0.0482. The summed E-state index contributed by atoms with van der Waals surface area (Å²) in [6, 6.07) is 9.03. The number of hydrogen-bond acceptors (Lipinski definition) is 3. The van der Waals surface area contributed by atoms with Crippen molar-refractivity contribution in [1.29, 1.82) is 0 Å². The molecule has 0 aliphatic carbocycles. The summed E-state index contributed by atoms with van der Waals surface area (Å²) in [6.45, 7) is 6.50. The molecule has 1 aromatic heterocycles. The van der Waals surface area contributed by atoms with Gasteiger partial charge in [0, 0.05) is 36.0 Å². The smallest absolute Gasteiger partial charge is 0.223 e. The standard InChI is InChI=1S/C21H27ClN4O2/c1-21(2,3)11-19(27)26-12-15(13-6-4-5-7-16(13)22)14(20(23)28)10-18(26)17-8-9-24-25-17/h4-9,14-15,18H,10-12H2,1-3H3,(H2,23,28)(H,24,25). The summed E-state index contributed by atoms with van der Waals surface area (Å²) in [5.74, 6) is -0.995. The SMILES string of the molecule is CC(C)(C)CC(=O)N1CC(c2ccccc2Cl)C(C(N)=O)CC1c1ccn[nH]1. The lowest BCUT2D eigenvalue weighted by Crippen LogP contribution is -2.48. The Morgan fingerprint density at radius 2 is 2.00 bits per heavy atom. The Labute approximate surface area is 170 Å². The lowest BCUT2D eigenvalue weighted by atomic mass is 9.76. The third-order valence-electron chi connectivity index (χ3n) is 5.29. The third kappa shape index (κ3) is 4.38. The molecule has 7 heteroatoms. The molecule has 2 amide bonds. The number of primary amides is 1. The average molecular weight is 403 g/mol. The number of carbonyl (C=O) groups is 2. The second-order valence-corrected chi connectivity index (χ2v) is 9.09. The van der Waals surface area contributed by atoms with E-state index < -0.39 is 5.92 Å². The van der Waals surface area contributed by atoms with Gasteiger partial charge in [0.15, 0.2) is 0 Å². The predicted octanol–water partition coefficient (Wildman–Crippen LogP) is 3.66. The molecule has 2 aromatic rings. The Morgan fingerprint density at radius 1 is 1.29 bits per heavy atom. The van der Waals surface area contributed by atoms with Gasteiger partial charge in [0.25, 0.3) is 0 Å². The van der Waals surface area contributed by atoms with Crippen LogP contribution in [0.15, 0.2) is 36.5 Å². The van der Waals surface area contributed by atoms with E-state index in [2.05, 4.69) is 10.2 Å². The molecule has 1 aromatic carbocycles. The number of hydrogen-bond donors (Lipinski definition) is 2. The van der Waals surface area contributed by atoms with Crippen LogP contribution in [0.1, 0.15) is 56.8 Å². The zero-order valence-electron chi connectivity index (χ0n) is 16.5. The first-order valence-electron chi connectivity index (χ1n) is 9.50. The Bertz CT molecular complexity index is 844. The Kier molecular flexibility index (Phi) is 5.79. The molecule has 28 heavy (non-hydrogen) atoms. The number of piperidine rings is 1. The molecular weight excluding hydrogens is 376 g/mol. The van der Waals surface area contributed by atoms with E-state index >= 15 is 0 Å². The molecule has 0 spiro atoms. The number of benzene rings is 1. The fraction of sp³-hybridized carbons (Fsp3) is 0.476. The summed E-state index contributed by atoms with van der Waals surface area (Å²) in [7, 11) is 0. The van der Waals surface area contributed by atoms with E-state index in [0.717, 1.165) is 11.3 Å². The molecule has 0 bridgehead atoms. The Morgan fingerprint density at radius 3 is 2.57 bits per heavy atom. The van der Waals surface area contributed by atoms with E-state index in [0.29, 0.717) is 24.4 Å². The fourth-order valence-electron chi connectivity index (χ4n) is 3.98. The highest BCUT2D eigenvalue weighted by molar-refractivity contribution is 6.31. The number of amides is 2. The molecule has 1 fully saturated rings. The lowest BCUT2D eigenvalue weighted by Gasteiger charge is -2.44. The Balaban J connectivity index is 2.00. The molecule has 0 saturated carbocycles. The topological polar surface area (TPSA) is 92.1 Å². The van der Waals surface area contributed by atoms with E-state index in [1.165, 1.54) is 0 Å². The van der Waals surface area contributed by atoms with Crippen molar-refractivity contribution in [1.82, 2.24) is 15.1 Å². The fourth-order valence-corrected chi connectivity index (χ4v) is 4.26. The minimum Gasteiger partial charge on any atom is -0.369 e. The maximum Gasteiger partial charge on any atom is 0.223 e. The second-order valence-electron chi connectivity index (χ2n) is 8.68. The van der Waals surface area contributed by atoms with Crippen LogP contribution in [-0.2, 0) is 9.59 Å². The van der Waals surface area contributed by atoms with Gasteiger partial charge in [-0.15, -0.1) is 0 Å². The number of aromatic nitrogens is 2. The van der Waals surface area contributed by atoms with Crippen LogP contribution in [0.4, 0.5) is 0 Å². The number of halogens is 1. The molecule has 1 saturated heterocycles. The first-order chi connectivity index (χ1) is 13.2. The number of nitrogens with two attached hydrogens (primary N) is 1. The van der Waals surface area contributed by atoms with Crippen LogP contribution >= 0.6 is 11.6 Å². The molecule has 1 aliphatic heterocycles. The molecule has 150 valence electrons. The van der Waals surface area contributed by atoms with Crippen molar-refractivity contribution in [2.45, 2.75) is 45.6 Å². The predicted molar refractivity (Wildman–Crippen MR) is 109 cm³/mol. The van der Waals surface area contributed by atoms with Crippen LogP contribution in [0, 0.1) is 11.3 Å². The van der Waals surface area contributed by atoms with Gasteiger partial charge in [-0.05, 0) is 29.5 Å². The maximum atomic E-state index is 13.2. The number of H-pyrrole nitrogens is 1. The van der Waals surface area contributed by atoms with Gasteiger partial charge >= 0.3 is 0 Å². The summed E-state index contributed by atoms with van der Waals surface area (Å²) in [4.78, 5) is 27.4. The zero-order chi connectivity index (χ0) is 20.5. The van der Waals surface area contributed by atoms with Crippen molar-refractivity contribution < 1.29 is 9.59 Å². The van der Waals surface area contributed by atoms with E-state index in [9.17, 15) is 9.59 Å². The van der Waals surface area contributed by atoms with Gasteiger partial charge in [0.2, 0.25) is 11.8 Å². The third-order valence-corrected chi connectivity index (χ3v) is 5.63. The molecule has 3 N–H and O–H groups in total. The van der Waals surface area contributed by atoms with Gasteiger partial charge in [0.05, 0.1) is 11.7 Å². The van der Waals surface area contributed by atoms with E-state index in [4.69, 9.17) is 17.3 Å². The zero-order valence-corrected chi connectivity index (χ0v) is 17.2. The number of carbonyl (C=O) groups excluding carboxylic acids is 2. The van der Waals surface area contributed by atoms with Crippen molar-refractivity contribution in [2.75, 3.05) is 6.54 Å². The first-order valence-corrected chi connectivity index (χ1v) is 9.87. The highest BCUT2D eigenvalue weighted by Gasteiger charge is 2.43. The average Bonchev–Trinajstić information content (AvgIpc) is 3.14. The summed E-state index contributed by atoms with van der Waals surface area (Å²) in [5.41, 5.74) is 7.29. The quantitative estimate of drug-likeness (QED) is 0.817. The van der Waals surface area contributed by atoms with Crippen LogP contribution < -0.4 is 5.73 Å². The van der Waals surface area contributed by atoms with Gasteiger partial charge in [-0.1, -0.05) is 50.6 Å². The van der Waals surface area contributed by atoms with Crippen LogP contribution in [0.5, 0.6) is 0 Å². The Hall–Kier alpha value is -2.34. The van der Waals surface area contributed by atoms with Crippen molar-refractivity contribution in [2.24, 2.45) is 17.1 Å². The summed E-state index contributed by atoms with van der Waals surface area (Å²) < 4.78 is 0. The number of rotatable bonds is 4.